The molecule has 0 spiro atoms. The second kappa shape index (κ2) is 6.65. The number of amides is 1. The Hall–Kier alpha value is -3.12. The fraction of sp³-hybridized carbons (Fsp3) is 0. The Morgan fingerprint density at radius 2 is 1.85 bits per heavy atom. The molecule has 2 heterocycles. The fourth-order valence-corrected chi connectivity index (χ4v) is 3.37. The van der Waals surface area contributed by atoms with E-state index in [2.05, 4.69) is 10.3 Å². The van der Waals surface area contributed by atoms with Gasteiger partial charge in [0, 0.05) is 5.39 Å². The summed E-state index contributed by atoms with van der Waals surface area (Å²) in [7, 11) is 0. The summed E-state index contributed by atoms with van der Waals surface area (Å²) in [5.74, 6) is -1.53. The highest BCUT2D eigenvalue weighted by molar-refractivity contribution is 7.13. The highest BCUT2D eigenvalue weighted by Gasteiger charge is 2.16. The number of carbonyl (C=O) groups is 1. The number of nitrogens with zero attached hydrogens (tertiary/aromatic N) is 1. The minimum absolute atomic E-state index is 0.0662. The molecule has 1 N–H and O–H groups in total. The summed E-state index contributed by atoms with van der Waals surface area (Å²) in [6.07, 6.45) is 0. The van der Waals surface area contributed by atoms with Crippen molar-refractivity contribution in [3.63, 3.8) is 0 Å². The Morgan fingerprint density at radius 3 is 2.62 bits per heavy atom. The van der Waals surface area contributed by atoms with Crippen molar-refractivity contribution in [1.29, 1.82) is 0 Å². The number of carbonyl (C=O) groups excluding carboxylic acids is 1. The Labute approximate surface area is 151 Å². The van der Waals surface area contributed by atoms with E-state index in [0.29, 0.717) is 16.6 Å². The van der Waals surface area contributed by atoms with Crippen molar-refractivity contribution in [2.24, 2.45) is 0 Å². The number of fused-ring (bicyclic) bond motifs is 1. The maximum Gasteiger partial charge on any atom is 0.256 e. The number of hydrogen-bond acceptors (Lipinski definition) is 3. The third-order valence-corrected chi connectivity index (χ3v) is 4.80. The van der Waals surface area contributed by atoms with Crippen LogP contribution in [0.15, 0.2) is 66.0 Å². The van der Waals surface area contributed by atoms with Crippen LogP contribution in [0.1, 0.15) is 10.4 Å². The van der Waals surface area contributed by atoms with Gasteiger partial charge in [0.05, 0.1) is 27.3 Å². The zero-order chi connectivity index (χ0) is 18.1. The molecule has 4 rings (SSSR count). The van der Waals surface area contributed by atoms with Crippen molar-refractivity contribution < 1.29 is 13.6 Å². The monoisotopic (exact) mass is 366 g/mol. The van der Waals surface area contributed by atoms with Crippen LogP contribution in [-0.4, -0.2) is 10.9 Å². The number of anilines is 1. The molecule has 26 heavy (non-hydrogen) atoms. The van der Waals surface area contributed by atoms with E-state index in [1.54, 1.807) is 12.1 Å². The molecule has 0 radical (unpaired) electrons. The van der Waals surface area contributed by atoms with Crippen LogP contribution >= 0.6 is 11.3 Å². The Bertz CT molecular complexity index is 1110. The fourth-order valence-electron chi connectivity index (χ4n) is 2.69. The molecule has 0 aliphatic heterocycles. The van der Waals surface area contributed by atoms with Gasteiger partial charge in [-0.1, -0.05) is 18.2 Å². The van der Waals surface area contributed by atoms with E-state index in [9.17, 15) is 13.6 Å². The standard InChI is InChI=1S/C20H12F2N2OS/c21-12-7-8-16-13(10-12)14(11-18(23-16)19-6-3-9-26-19)20(25)24-17-5-2-1-4-15(17)22/h1-11H,(H,24,25). The lowest BCUT2D eigenvalue weighted by molar-refractivity contribution is 0.102. The van der Waals surface area contributed by atoms with E-state index in [1.807, 2.05) is 17.5 Å². The molecule has 1 amide bonds. The second-order valence-electron chi connectivity index (χ2n) is 5.63. The van der Waals surface area contributed by atoms with Crippen LogP contribution in [-0.2, 0) is 0 Å². The minimum atomic E-state index is -0.538. The maximum absolute atomic E-state index is 13.9. The molecule has 0 saturated carbocycles. The normalized spacial score (nSPS) is 10.8. The van der Waals surface area contributed by atoms with Crippen LogP contribution in [0.2, 0.25) is 0 Å². The molecular formula is C20H12F2N2OS. The smallest absolute Gasteiger partial charge is 0.256 e. The van der Waals surface area contributed by atoms with Gasteiger partial charge in [0.1, 0.15) is 11.6 Å². The van der Waals surface area contributed by atoms with E-state index in [-0.39, 0.29) is 11.3 Å². The topological polar surface area (TPSA) is 42.0 Å². The van der Waals surface area contributed by atoms with Crippen molar-refractivity contribution >= 4 is 33.8 Å². The van der Waals surface area contributed by atoms with Crippen LogP contribution < -0.4 is 5.32 Å². The van der Waals surface area contributed by atoms with Gasteiger partial charge < -0.3 is 5.32 Å². The van der Waals surface area contributed by atoms with E-state index >= 15 is 0 Å². The van der Waals surface area contributed by atoms with Gasteiger partial charge in [-0.2, -0.15) is 0 Å². The highest BCUT2D eigenvalue weighted by atomic mass is 32.1. The molecule has 6 heteroatoms. The highest BCUT2D eigenvalue weighted by Crippen LogP contribution is 2.29. The van der Waals surface area contributed by atoms with Gasteiger partial charge in [0.2, 0.25) is 0 Å². The molecule has 0 aliphatic carbocycles. The first-order chi connectivity index (χ1) is 12.6. The van der Waals surface area contributed by atoms with Gasteiger partial charge in [0.25, 0.3) is 5.91 Å². The quantitative estimate of drug-likeness (QED) is 0.521. The molecule has 0 unspecified atom stereocenters. The number of halogens is 2. The number of para-hydroxylation sites is 1. The third kappa shape index (κ3) is 3.07. The third-order valence-electron chi connectivity index (χ3n) is 3.91. The van der Waals surface area contributed by atoms with Gasteiger partial charge in [-0.3, -0.25) is 4.79 Å². The molecule has 128 valence electrons. The van der Waals surface area contributed by atoms with Crippen molar-refractivity contribution in [1.82, 2.24) is 4.98 Å². The van der Waals surface area contributed by atoms with E-state index in [1.165, 1.54) is 47.7 Å². The molecule has 3 nitrogen and oxygen atoms in total. The Morgan fingerprint density at radius 1 is 1.00 bits per heavy atom. The van der Waals surface area contributed by atoms with E-state index in [0.717, 1.165) is 4.88 Å². The largest absolute Gasteiger partial charge is 0.319 e. The first-order valence-corrected chi connectivity index (χ1v) is 8.70. The number of rotatable bonds is 3. The summed E-state index contributed by atoms with van der Waals surface area (Å²) in [5, 5.41) is 4.83. The van der Waals surface area contributed by atoms with Gasteiger partial charge in [-0.15, -0.1) is 11.3 Å². The molecule has 0 atom stereocenters. The van der Waals surface area contributed by atoms with Crippen LogP contribution in [0.5, 0.6) is 0 Å². The molecule has 0 saturated heterocycles. The average molecular weight is 366 g/mol. The molecule has 0 bridgehead atoms. The predicted molar refractivity (Wildman–Crippen MR) is 99.4 cm³/mol. The molecule has 0 aliphatic rings. The van der Waals surface area contributed by atoms with E-state index in [4.69, 9.17) is 0 Å². The average Bonchev–Trinajstić information content (AvgIpc) is 3.17. The lowest BCUT2D eigenvalue weighted by Crippen LogP contribution is -2.14. The number of aromatic nitrogens is 1. The van der Waals surface area contributed by atoms with Gasteiger partial charge >= 0.3 is 0 Å². The second-order valence-corrected chi connectivity index (χ2v) is 6.58. The zero-order valence-electron chi connectivity index (χ0n) is 13.4. The molecule has 2 aromatic carbocycles. The van der Waals surface area contributed by atoms with Crippen LogP contribution in [0, 0.1) is 11.6 Å². The minimum Gasteiger partial charge on any atom is -0.319 e. The summed E-state index contributed by atoms with van der Waals surface area (Å²) in [5.41, 5.74) is 1.41. The Balaban J connectivity index is 1.85. The number of nitrogens with one attached hydrogen (secondary N) is 1. The summed E-state index contributed by atoms with van der Waals surface area (Å²) in [4.78, 5) is 18.2. The number of hydrogen-bond donors (Lipinski definition) is 1. The summed E-state index contributed by atoms with van der Waals surface area (Å²) in [6, 6.07) is 15.4. The van der Waals surface area contributed by atoms with Gasteiger partial charge in [-0.25, -0.2) is 13.8 Å². The number of thiophene rings is 1. The van der Waals surface area contributed by atoms with Crippen molar-refractivity contribution in [2.45, 2.75) is 0 Å². The SMILES string of the molecule is O=C(Nc1ccccc1F)c1cc(-c2cccs2)nc2ccc(F)cc12. The van der Waals surface area contributed by atoms with Crippen LogP contribution in [0.4, 0.5) is 14.5 Å². The van der Waals surface area contributed by atoms with Crippen molar-refractivity contribution in [3.8, 4) is 10.6 Å². The van der Waals surface area contributed by atoms with Gasteiger partial charge in [-0.05, 0) is 47.8 Å². The van der Waals surface area contributed by atoms with Gasteiger partial charge in [0.15, 0.2) is 0 Å². The van der Waals surface area contributed by atoms with Crippen LogP contribution in [0.25, 0.3) is 21.5 Å². The first-order valence-electron chi connectivity index (χ1n) is 7.82. The molecular weight excluding hydrogens is 354 g/mol. The Kier molecular flexibility index (Phi) is 4.18. The van der Waals surface area contributed by atoms with E-state index < -0.39 is 17.5 Å². The zero-order valence-corrected chi connectivity index (χ0v) is 14.2. The predicted octanol–water partition coefficient (Wildman–Crippen LogP) is 5.49. The van der Waals surface area contributed by atoms with Crippen molar-refractivity contribution in [3.05, 3.63) is 83.2 Å². The van der Waals surface area contributed by atoms with Crippen molar-refractivity contribution in [2.75, 3.05) is 5.32 Å². The number of pyridine rings is 1. The maximum atomic E-state index is 13.9. The summed E-state index contributed by atoms with van der Waals surface area (Å²) >= 11 is 1.49. The first kappa shape index (κ1) is 16.4. The lowest BCUT2D eigenvalue weighted by atomic mass is 10.1. The van der Waals surface area contributed by atoms with Crippen LogP contribution in [0.3, 0.4) is 0 Å². The lowest BCUT2D eigenvalue weighted by Gasteiger charge is -2.10. The summed E-state index contributed by atoms with van der Waals surface area (Å²) < 4.78 is 27.6. The summed E-state index contributed by atoms with van der Waals surface area (Å²) in [6.45, 7) is 0. The molecule has 4 aromatic rings. The molecule has 0 fully saturated rings. The number of benzene rings is 2. The molecule has 2 aromatic heterocycles.